The molecule has 0 N–H and O–H groups in total. The Kier molecular flexibility index (Phi) is 2.59. The van der Waals surface area contributed by atoms with E-state index in [4.69, 9.17) is 0 Å². The molecule has 0 radical (unpaired) electrons. The molecule has 1 aliphatic heterocycles. The van der Waals surface area contributed by atoms with Gasteiger partial charge in [-0.15, -0.1) is 0 Å². The van der Waals surface area contributed by atoms with Gasteiger partial charge in [0.15, 0.2) is 0 Å². The van der Waals surface area contributed by atoms with Crippen molar-refractivity contribution in [3.63, 3.8) is 0 Å². The first-order valence-corrected chi connectivity index (χ1v) is 18.0. The van der Waals surface area contributed by atoms with Gasteiger partial charge in [0.2, 0.25) is 0 Å². The van der Waals surface area contributed by atoms with Crippen LogP contribution in [-0.2, 0) is 25.7 Å². The first kappa shape index (κ1) is 13.9. The summed E-state index contributed by atoms with van der Waals surface area (Å²) in [7, 11) is 0. The Bertz CT molecular complexity index is 1050. The fraction of sp³-hybridized carbons (Fsp3) is 0.304. The molecule has 0 saturated heterocycles. The van der Waals surface area contributed by atoms with Gasteiger partial charge in [0, 0.05) is 0 Å². The van der Waals surface area contributed by atoms with Crippen LogP contribution in [0.15, 0.2) is 36.4 Å². The van der Waals surface area contributed by atoms with Crippen molar-refractivity contribution < 1.29 is 0 Å². The molecule has 24 heavy (non-hydrogen) atoms. The van der Waals surface area contributed by atoms with E-state index in [0.29, 0.717) is 0 Å². The molecule has 0 bridgehead atoms. The van der Waals surface area contributed by atoms with E-state index in [-0.39, 0.29) is 0 Å². The van der Waals surface area contributed by atoms with Crippen molar-refractivity contribution >= 4 is 36.3 Å². The molecule has 118 valence electrons. The Morgan fingerprint density at radius 1 is 0.625 bits per heavy atom. The Morgan fingerprint density at radius 2 is 1.33 bits per heavy atom. The van der Waals surface area contributed by atoms with Gasteiger partial charge in [-0.2, -0.15) is 0 Å². The summed E-state index contributed by atoms with van der Waals surface area (Å²) in [4.78, 5) is 5.27. The predicted molar refractivity (Wildman–Crippen MR) is 106 cm³/mol. The fourth-order valence-electron chi connectivity index (χ4n) is 5.58. The molecule has 0 amide bonds. The van der Waals surface area contributed by atoms with E-state index in [9.17, 15) is 0 Å². The van der Waals surface area contributed by atoms with Gasteiger partial charge in [0.1, 0.15) is 0 Å². The Morgan fingerprint density at radius 3 is 2.12 bits per heavy atom. The molecule has 0 nitrogen and oxygen atoms in total. The normalized spacial score (nSPS) is 18.8. The molecule has 1 heteroatoms. The third-order valence-corrected chi connectivity index (χ3v) is 16.9. The molecule has 0 unspecified atom stereocenters. The van der Waals surface area contributed by atoms with E-state index < -0.39 is 18.4 Å². The zero-order chi connectivity index (χ0) is 16.1. The zero-order valence-electron chi connectivity index (χ0n) is 14.5. The molecule has 0 spiro atoms. The number of aryl methyl sites for hydroxylation is 4. The SMILES string of the molecule is [CH3][Sn]1([CH3])[c]2cc3c(cc2-c2ccc4c5c(cc[c]1c25)CC4)CCC3. The van der Waals surface area contributed by atoms with Crippen molar-refractivity contribution in [2.75, 3.05) is 0 Å². The van der Waals surface area contributed by atoms with Crippen LogP contribution in [0.1, 0.15) is 28.7 Å². The summed E-state index contributed by atoms with van der Waals surface area (Å²) in [6, 6.07) is 15.0. The summed E-state index contributed by atoms with van der Waals surface area (Å²) in [5, 5.41) is 3.27. The van der Waals surface area contributed by atoms with Gasteiger partial charge in [0.25, 0.3) is 0 Å². The van der Waals surface area contributed by atoms with Crippen LogP contribution in [0.25, 0.3) is 21.9 Å². The van der Waals surface area contributed by atoms with Gasteiger partial charge in [-0.1, -0.05) is 0 Å². The van der Waals surface area contributed by atoms with Crippen molar-refractivity contribution in [2.45, 2.75) is 42.0 Å². The van der Waals surface area contributed by atoms with Crippen molar-refractivity contribution in [1.82, 2.24) is 0 Å². The number of hydrogen-bond donors (Lipinski definition) is 0. The predicted octanol–water partition coefficient (Wildman–Crippen LogP) is 4.23. The van der Waals surface area contributed by atoms with E-state index in [1.165, 1.54) is 37.7 Å². The Hall–Kier alpha value is -1.28. The summed E-state index contributed by atoms with van der Waals surface area (Å²) < 4.78 is 3.49. The van der Waals surface area contributed by atoms with E-state index in [1.807, 2.05) is 0 Å². The van der Waals surface area contributed by atoms with Crippen LogP contribution in [0.4, 0.5) is 0 Å². The second-order valence-corrected chi connectivity index (χ2v) is 20.8. The molecule has 0 fully saturated rings. The van der Waals surface area contributed by atoms with Crippen LogP contribution in [0.5, 0.6) is 0 Å². The minimum absolute atomic E-state index is 1.24. The third kappa shape index (κ3) is 1.57. The second-order valence-electron chi connectivity index (χ2n) is 8.44. The van der Waals surface area contributed by atoms with Crippen LogP contribution in [0.3, 0.4) is 0 Å². The van der Waals surface area contributed by atoms with Crippen LogP contribution in [0.2, 0.25) is 9.88 Å². The first-order valence-electron chi connectivity index (χ1n) is 9.39. The van der Waals surface area contributed by atoms with E-state index >= 15 is 0 Å². The molecule has 0 atom stereocenters. The third-order valence-electron chi connectivity index (χ3n) is 6.87. The number of benzene rings is 3. The van der Waals surface area contributed by atoms with Crippen LogP contribution in [-0.4, -0.2) is 18.4 Å². The van der Waals surface area contributed by atoms with Gasteiger partial charge in [-0.25, -0.2) is 0 Å². The van der Waals surface area contributed by atoms with Crippen molar-refractivity contribution in [2.24, 2.45) is 0 Å². The van der Waals surface area contributed by atoms with E-state index in [1.54, 1.807) is 45.7 Å². The van der Waals surface area contributed by atoms with Gasteiger partial charge >= 0.3 is 148 Å². The molecule has 0 aromatic heterocycles. The van der Waals surface area contributed by atoms with E-state index in [0.717, 1.165) is 0 Å². The maximum absolute atomic E-state index is 2.64. The quantitative estimate of drug-likeness (QED) is 0.481. The fourth-order valence-corrected chi connectivity index (χ4v) is 14.4. The van der Waals surface area contributed by atoms with Crippen molar-refractivity contribution in [1.29, 1.82) is 0 Å². The van der Waals surface area contributed by atoms with Gasteiger partial charge < -0.3 is 0 Å². The second kappa shape index (κ2) is 4.46. The Balaban J connectivity index is 1.82. The Labute approximate surface area is 147 Å². The first-order chi connectivity index (χ1) is 11.6. The number of rotatable bonds is 0. The topological polar surface area (TPSA) is 0 Å². The van der Waals surface area contributed by atoms with Crippen LogP contribution >= 0.6 is 0 Å². The molecule has 3 aromatic carbocycles. The molecule has 3 aromatic rings. The van der Waals surface area contributed by atoms with Crippen molar-refractivity contribution in [3.05, 3.63) is 58.7 Å². The van der Waals surface area contributed by atoms with Crippen LogP contribution < -0.4 is 7.16 Å². The molecular formula is C23H22Sn. The molecule has 6 rings (SSSR count). The minimum atomic E-state index is -2.50. The summed E-state index contributed by atoms with van der Waals surface area (Å²) >= 11 is -2.50. The monoisotopic (exact) mass is 418 g/mol. The summed E-state index contributed by atoms with van der Waals surface area (Å²) in [6.07, 6.45) is 6.40. The molecule has 2 aliphatic carbocycles. The molecular weight excluding hydrogens is 395 g/mol. The zero-order valence-corrected chi connectivity index (χ0v) is 17.4. The van der Waals surface area contributed by atoms with Crippen LogP contribution in [0, 0.1) is 0 Å². The number of fused-ring (bicyclic) bond motifs is 3. The maximum atomic E-state index is 2.64. The summed E-state index contributed by atoms with van der Waals surface area (Å²) in [5.41, 5.74) is 9.60. The van der Waals surface area contributed by atoms with Crippen molar-refractivity contribution in [3.8, 4) is 11.1 Å². The molecule has 0 saturated carbocycles. The van der Waals surface area contributed by atoms with Gasteiger partial charge in [-0.05, 0) is 0 Å². The molecule has 1 heterocycles. The van der Waals surface area contributed by atoms with Gasteiger partial charge in [0.05, 0.1) is 0 Å². The average molecular weight is 417 g/mol. The average Bonchev–Trinajstić information content (AvgIpc) is 3.20. The van der Waals surface area contributed by atoms with E-state index in [2.05, 4.69) is 46.3 Å². The molecule has 3 aliphatic rings. The van der Waals surface area contributed by atoms with Gasteiger partial charge in [-0.3, -0.25) is 0 Å². The standard InChI is InChI=1S/C21H16.2CH3.Sn/c1-3-14-7-10-18(13-17(14)5-1)19-12-11-16-9-8-15-4-2-6-20(19)21(15)16;;;/h2,4,7,11-13H,1,3,5,8-9H2;2*1H3;. The summed E-state index contributed by atoms with van der Waals surface area (Å²) in [6.45, 7) is 0. The number of hydrogen-bond acceptors (Lipinski definition) is 0. The summed E-state index contributed by atoms with van der Waals surface area (Å²) in [5.74, 6) is 0.